The van der Waals surface area contributed by atoms with Crippen LogP contribution >= 0.6 is 12.4 Å². The molecule has 0 unspecified atom stereocenters. The largest absolute Gasteiger partial charge is 0.454 e. The molecule has 1 aliphatic rings. The molecule has 1 aromatic rings. The highest BCUT2D eigenvalue weighted by Crippen LogP contribution is 2.32. The summed E-state index contributed by atoms with van der Waals surface area (Å²) in [4.78, 5) is 13.6. The molecular formula is C13H19ClN2O3. The van der Waals surface area contributed by atoms with Crippen LogP contribution in [0.25, 0.3) is 0 Å². The molecule has 0 atom stereocenters. The van der Waals surface area contributed by atoms with Gasteiger partial charge in [0, 0.05) is 26.1 Å². The number of hydrogen-bond acceptors (Lipinski definition) is 4. The molecule has 0 radical (unpaired) electrons. The highest BCUT2D eigenvalue weighted by Gasteiger charge is 2.16. The van der Waals surface area contributed by atoms with Crippen molar-refractivity contribution in [3.05, 3.63) is 23.8 Å². The molecule has 106 valence electrons. The fourth-order valence-electron chi connectivity index (χ4n) is 1.92. The van der Waals surface area contributed by atoms with Gasteiger partial charge in [-0.25, -0.2) is 0 Å². The number of carbonyl (C=O) groups excluding carboxylic acids is 1. The van der Waals surface area contributed by atoms with Crippen LogP contribution in [0.2, 0.25) is 0 Å². The van der Waals surface area contributed by atoms with Crippen molar-refractivity contribution in [1.82, 2.24) is 4.90 Å². The van der Waals surface area contributed by atoms with Crippen molar-refractivity contribution >= 4 is 18.3 Å². The minimum absolute atomic E-state index is 0. The van der Waals surface area contributed by atoms with Gasteiger partial charge in [-0.05, 0) is 24.6 Å². The van der Waals surface area contributed by atoms with Crippen molar-refractivity contribution in [2.24, 2.45) is 5.73 Å². The average molecular weight is 287 g/mol. The van der Waals surface area contributed by atoms with E-state index in [-0.39, 0.29) is 25.1 Å². The van der Waals surface area contributed by atoms with Crippen LogP contribution < -0.4 is 15.2 Å². The molecule has 0 bridgehead atoms. The third-order valence-electron chi connectivity index (χ3n) is 2.90. The maximum absolute atomic E-state index is 11.8. The molecule has 1 heterocycles. The summed E-state index contributed by atoms with van der Waals surface area (Å²) in [6.45, 7) is 3.86. The smallest absolute Gasteiger partial charge is 0.231 e. The van der Waals surface area contributed by atoms with Crippen molar-refractivity contribution in [2.75, 3.05) is 19.9 Å². The van der Waals surface area contributed by atoms with Gasteiger partial charge >= 0.3 is 0 Å². The van der Waals surface area contributed by atoms with Gasteiger partial charge in [-0.3, -0.25) is 4.79 Å². The highest BCUT2D eigenvalue weighted by atomic mass is 35.5. The standard InChI is InChI=1S/C13H18N2O3.ClH/c1-2-15(13(16)5-6-14)8-10-3-4-11-12(7-10)18-9-17-11;/h3-4,7H,2,5-6,8-9,14H2,1H3;1H. The molecule has 1 aromatic carbocycles. The summed E-state index contributed by atoms with van der Waals surface area (Å²) in [5.41, 5.74) is 6.44. The maximum Gasteiger partial charge on any atom is 0.231 e. The summed E-state index contributed by atoms with van der Waals surface area (Å²) in [6.07, 6.45) is 0.387. The summed E-state index contributed by atoms with van der Waals surface area (Å²) in [6, 6.07) is 5.74. The monoisotopic (exact) mass is 286 g/mol. The van der Waals surface area contributed by atoms with E-state index in [4.69, 9.17) is 15.2 Å². The van der Waals surface area contributed by atoms with E-state index in [1.807, 2.05) is 25.1 Å². The van der Waals surface area contributed by atoms with Crippen molar-refractivity contribution in [3.63, 3.8) is 0 Å². The van der Waals surface area contributed by atoms with Gasteiger partial charge in [-0.1, -0.05) is 6.07 Å². The number of nitrogens with zero attached hydrogens (tertiary/aromatic N) is 1. The Morgan fingerprint density at radius 2 is 2.11 bits per heavy atom. The van der Waals surface area contributed by atoms with E-state index in [1.165, 1.54) is 0 Å². The van der Waals surface area contributed by atoms with Crippen molar-refractivity contribution in [3.8, 4) is 11.5 Å². The molecule has 0 fully saturated rings. The fourth-order valence-corrected chi connectivity index (χ4v) is 1.92. The summed E-state index contributed by atoms with van der Waals surface area (Å²) >= 11 is 0. The van der Waals surface area contributed by atoms with E-state index in [1.54, 1.807) is 4.90 Å². The third-order valence-corrected chi connectivity index (χ3v) is 2.90. The quantitative estimate of drug-likeness (QED) is 0.892. The van der Waals surface area contributed by atoms with E-state index in [9.17, 15) is 4.79 Å². The lowest BCUT2D eigenvalue weighted by Crippen LogP contribution is -2.31. The number of ether oxygens (including phenoxy) is 2. The molecule has 2 rings (SSSR count). The first-order chi connectivity index (χ1) is 8.74. The van der Waals surface area contributed by atoms with Crippen LogP contribution in [0.4, 0.5) is 0 Å². The Hall–Kier alpha value is -1.46. The fraction of sp³-hybridized carbons (Fsp3) is 0.462. The third kappa shape index (κ3) is 3.75. The van der Waals surface area contributed by atoms with Crippen LogP contribution in [-0.4, -0.2) is 30.7 Å². The lowest BCUT2D eigenvalue weighted by atomic mass is 10.2. The molecule has 0 spiro atoms. The summed E-state index contributed by atoms with van der Waals surface area (Å²) in [5.74, 6) is 1.59. The Morgan fingerprint density at radius 1 is 1.37 bits per heavy atom. The van der Waals surface area contributed by atoms with Gasteiger partial charge in [0.25, 0.3) is 0 Å². The van der Waals surface area contributed by atoms with Crippen molar-refractivity contribution in [1.29, 1.82) is 0 Å². The second-order valence-electron chi connectivity index (χ2n) is 4.13. The zero-order valence-corrected chi connectivity index (χ0v) is 11.7. The molecule has 1 amide bonds. The second-order valence-corrected chi connectivity index (χ2v) is 4.13. The topological polar surface area (TPSA) is 64.8 Å². The Bertz CT molecular complexity index is 440. The minimum atomic E-state index is 0. The van der Waals surface area contributed by atoms with Gasteiger partial charge < -0.3 is 20.1 Å². The van der Waals surface area contributed by atoms with E-state index in [0.717, 1.165) is 17.1 Å². The lowest BCUT2D eigenvalue weighted by Gasteiger charge is -2.20. The molecule has 0 aromatic heterocycles. The van der Waals surface area contributed by atoms with Crippen LogP contribution in [0, 0.1) is 0 Å². The van der Waals surface area contributed by atoms with E-state index < -0.39 is 0 Å². The van der Waals surface area contributed by atoms with Crippen LogP contribution in [0.1, 0.15) is 18.9 Å². The molecule has 0 saturated heterocycles. The number of fused-ring (bicyclic) bond motifs is 1. The maximum atomic E-state index is 11.8. The first kappa shape index (κ1) is 15.6. The van der Waals surface area contributed by atoms with Crippen molar-refractivity contribution < 1.29 is 14.3 Å². The Kier molecular flexibility index (Phi) is 5.92. The van der Waals surface area contributed by atoms with Gasteiger partial charge in [0.05, 0.1) is 0 Å². The summed E-state index contributed by atoms with van der Waals surface area (Å²) in [7, 11) is 0. The molecule has 0 saturated carbocycles. The first-order valence-corrected chi connectivity index (χ1v) is 6.11. The number of hydrogen-bond donors (Lipinski definition) is 1. The number of nitrogens with two attached hydrogens (primary N) is 1. The number of rotatable bonds is 5. The van der Waals surface area contributed by atoms with Crippen LogP contribution in [-0.2, 0) is 11.3 Å². The van der Waals surface area contributed by atoms with Gasteiger partial charge in [0.1, 0.15) is 0 Å². The number of carbonyl (C=O) groups is 1. The summed E-state index contributed by atoms with van der Waals surface area (Å²) < 4.78 is 10.6. The van der Waals surface area contributed by atoms with E-state index in [0.29, 0.717) is 26.1 Å². The number of halogens is 1. The zero-order chi connectivity index (χ0) is 13.0. The van der Waals surface area contributed by atoms with E-state index >= 15 is 0 Å². The zero-order valence-electron chi connectivity index (χ0n) is 10.9. The molecule has 0 aliphatic carbocycles. The Labute approximate surface area is 119 Å². The number of amides is 1. The second kappa shape index (κ2) is 7.21. The van der Waals surface area contributed by atoms with Gasteiger partial charge in [0.2, 0.25) is 12.7 Å². The first-order valence-electron chi connectivity index (χ1n) is 6.11. The summed E-state index contributed by atoms with van der Waals surface area (Å²) in [5, 5.41) is 0. The molecule has 19 heavy (non-hydrogen) atoms. The minimum Gasteiger partial charge on any atom is -0.454 e. The molecule has 5 nitrogen and oxygen atoms in total. The molecular weight excluding hydrogens is 268 g/mol. The predicted octanol–water partition coefficient (Wildman–Crippen LogP) is 1.53. The molecule has 6 heteroatoms. The van der Waals surface area contributed by atoms with Crippen molar-refractivity contribution in [2.45, 2.75) is 19.9 Å². The van der Waals surface area contributed by atoms with Gasteiger partial charge in [0.15, 0.2) is 11.5 Å². The Balaban J connectivity index is 0.00000180. The molecule has 1 aliphatic heterocycles. The van der Waals surface area contributed by atoms with Gasteiger partial charge in [-0.2, -0.15) is 0 Å². The average Bonchev–Trinajstić information content (AvgIpc) is 2.83. The molecule has 2 N–H and O–H groups in total. The van der Waals surface area contributed by atoms with E-state index in [2.05, 4.69) is 0 Å². The number of benzene rings is 1. The van der Waals surface area contributed by atoms with Crippen LogP contribution in [0.5, 0.6) is 11.5 Å². The lowest BCUT2D eigenvalue weighted by molar-refractivity contribution is -0.131. The predicted molar refractivity (Wildman–Crippen MR) is 74.6 cm³/mol. The highest BCUT2D eigenvalue weighted by molar-refractivity contribution is 5.85. The Morgan fingerprint density at radius 3 is 2.79 bits per heavy atom. The van der Waals surface area contributed by atoms with Crippen LogP contribution in [0.15, 0.2) is 18.2 Å². The normalized spacial score (nSPS) is 11.9. The van der Waals surface area contributed by atoms with Gasteiger partial charge in [-0.15, -0.1) is 12.4 Å². The SMILES string of the molecule is CCN(Cc1ccc2c(c1)OCO2)C(=O)CCN.Cl. The van der Waals surface area contributed by atoms with Crippen LogP contribution in [0.3, 0.4) is 0 Å².